The van der Waals surface area contributed by atoms with E-state index < -0.39 is 0 Å². The van der Waals surface area contributed by atoms with Crippen molar-refractivity contribution in [2.45, 2.75) is 26.2 Å². The molecule has 6 nitrogen and oxygen atoms in total. The maximum Gasteiger partial charge on any atom is 0.282 e. The van der Waals surface area contributed by atoms with Gasteiger partial charge in [-0.1, -0.05) is 31.2 Å². The molecule has 2 heterocycles. The van der Waals surface area contributed by atoms with E-state index in [-0.39, 0.29) is 18.3 Å². The molecule has 0 fully saturated rings. The Morgan fingerprint density at radius 3 is 2.72 bits per heavy atom. The first-order valence-electron chi connectivity index (χ1n) is 9.66. The van der Waals surface area contributed by atoms with Crippen LogP contribution in [0.1, 0.15) is 35.8 Å². The van der Waals surface area contributed by atoms with Gasteiger partial charge in [0.15, 0.2) is 11.4 Å². The second-order valence-corrected chi connectivity index (χ2v) is 6.88. The lowest BCUT2D eigenvalue weighted by Crippen LogP contribution is -2.36. The van der Waals surface area contributed by atoms with E-state index in [9.17, 15) is 4.79 Å². The van der Waals surface area contributed by atoms with E-state index in [0.717, 1.165) is 41.9 Å². The van der Waals surface area contributed by atoms with Crippen LogP contribution >= 0.6 is 12.4 Å². The van der Waals surface area contributed by atoms with Crippen molar-refractivity contribution in [1.29, 1.82) is 0 Å². The second kappa shape index (κ2) is 9.01. The highest BCUT2D eigenvalue weighted by molar-refractivity contribution is 6.07. The minimum absolute atomic E-state index is 0. The molecule has 152 valence electrons. The third kappa shape index (κ3) is 4.07. The fraction of sp³-hybridized carbons (Fsp3) is 0.273. The summed E-state index contributed by atoms with van der Waals surface area (Å²) in [5.41, 5.74) is 9.97. The number of para-hydroxylation sites is 1. The Kier molecular flexibility index (Phi) is 6.44. The Hall–Kier alpha value is -2.99. The Bertz CT molecular complexity index is 988. The van der Waals surface area contributed by atoms with Crippen LogP contribution in [0.2, 0.25) is 0 Å². The molecule has 0 saturated carbocycles. The summed E-state index contributed by atoms with van der Waals surface area (Å²) in [5.74, 6) is 0.346. The number of hydrogen-bond donors (Lipinski definition) is 1. The molecule has 2 N–H and O–H groups in total. The van der Waals surface area contributed by atoms with Crippen LogP contribution in [-0.4, -0.2) is 28.8 Å². The molecule has 29 heavy (non-hydrogen) atoms. The van der Waals surface area contributed by atoms with E-state index in [1.165, 1.54) is 0 Å². The summed E-state index contributed by atoms with van der Waals surface area (Å²) < 4.78 is 7.55. The van der Waals surface area contributed by atoms with E-state index in [1.807, 2.05) is 55.5 Å². The summed E-state index contributed by atoms with van der Waals surface area (Å²) >= 11 is 0. The number of rotatable bonds is 5. The van der Waals surface area contributed by atoms with Gasteiger partial charge in [0, 0.05) is 17.9 Å². The number of amides is 1. The van der Waals surface area contributed by atoms with Crippen molar-refractivity contribution in [1.82, 2.24) is 9.78 Å². The fourth-order valence-electron chi connectivity index (χ4n) is 3.53. The SMILES string of the molecule is CCCOc1cn(-c2ccccc2)nc1C(=O)N1CCCc2c(N)cccc21.Cl. The summed E-state index contributed by atoms with van der Waals surface area (Å²) in [6, 6.07) is 15.4. The summed E-state index contributed by atoms with van der Waals surface area (Å²) in [6.07, 6.45) is 4.39. The van der Waals surface area contributed by atoms with Crippen molar-refractivity contribution >= 4 is 29.7 Å². The first kappa shape index (κ1) is 20.7. The average Bonchev–Trinajstić information content (AvgIpc) is 3.16. The lowest BCUT2D eigenvalue weighted by Gasteiger charge is -2.29. The predicted molar refractivity (Wildman–Crippen MR) is 117 cm³/mol. The lowest BCUT2D eigenvalue weighted by atomic mass is 9.99. The highest BCUT2D eigenvalue weighted by atomic mass is 35.5. The van der Waals surface area contributed by atoms with Gasteiger partial charge in [0.2, 0.25) is 0 Å². The molecule has 1 aliphatic rings. The molecule has 0 spiro atoms. The molecule has 1 aliphatic heterocycles. The molecule has 2 aromatic carbocycles. The molecule has 0 unspecified atom stereocenters. The maximum atomic E-state index is 13.4. The standard InChI is InChI=1S/C22H24N4O2.ClH/c1-2-14-28-20-15-26(16-8-4-3-5-9-16)24-21(20)22(27)25-13-7-10-17-18(23)11-6-12-19(17)25;/h3-6,8-9,11-12,15H,2,7,10,13-14,23H2,1H3;1H. The molecule has 1 aromatic heterocycles. The van der Waals surface area contributed by atoms with Gasteiger partial charge < -0.3 is 15.4 Å². The number of carbonyl (C=O) groups is 1. The van der Waals surface area contributed by atoms with E-state index >= 15 is 0 Å². The number of nitrogens with zero attached hydrogens (tertiary/aromatic N) is 3. The third-order valence-corrected chi connectivity index (χ3v) is 4.90. The van der Waals surface area contributed by atoms with Crippen LogP contribution in [0.5, 0.6) is 5.75 Å². The zero-order valence-corrected chi connectivity index (χ0v) is 17.2. The summed E-state index contributed by atoms with van der Waals surface area (Å²) in [7, 11) is 0. The van der Waals surface area contributed by atoms with Gasteiger partial charge in [-0.15, -0.1) is 12.4 Å². The highest BCUT2D eigenvalue weighted by Gasteiger charge is 2.29. The molecular formula is C22H25ClN4O2. The van der Waals surface area contributed by atoms with Crippen molar-refractivity contribution in [3.8, 4) is 11.4 Å². The van der Waals surface area contributed by atoms with Crippen molar-refractivity contribution in [2.75, 3.05) is 23.8 Å². The normalized spacial score (nSPS) is 12.8. The number of fused-ring (bicyclic) bond motifs is 1. The number of nitrogen functional groups attached to an aromatic ring is 1. The second-order valence-electron chi connectivity index (χ2n) is 6.88. The Balaban J connectivity index is 0.00000240. The first-order valence-corrected chi connectivity index (χ1v) is 9.66. The summed E-state index contributed by atoms with van der Waals surface area (Å²) in [5, 5.41) is 4.57. The first-order chi connectivity index (χ1) is 13.7. The van der Waals surface area contributed by atoms with Crippen molar-refractivity contribution in [2.24, 2.45) is 0 Å². The largest absolute Gasteiger partial charge is 0.489 e. The summed E-state index contributed by atoms with van der Waals surface area (Å²) in [6.45, 7) is 3.21. The summed E-state index contributed by atoms with van der Waals surface area (Å²) in [4.78, 5) is 15.2. The van der Waals surface area contributed by atoms with Gasteiger partial charge in [0.25, 0.3) is 5.91 Å². The Labute approximate surface area is 176 Å². The average molecular weight is 413 g/mol. The molecule has 3 aromatic rings. The van der Waals surface area contributed by atoms with Crippen molar-refractivity contribution in [3.63, 3.8) is 0 Å². The molecule has 1 amide bonds. The van der Waals surface area contributed by atoms with E-state index in [1.54, 1.807) is 15.8 Å². The quantitative estimate of drug-likeness (QED) is 0.635. The van der Waals surface area contributed by atoms with Crippen LogP contribution in [0.15, 0.2) is 54.7 Å². The molecule has 7 heteroatoms. The number of aromatic nitrogens is 2. The van der Waals surface area contributed by atoms with Crippen LogP contribution in [0, 0.1) is 0 Å². The number of halogens is 1. The zero-order chi connectivity index (χ0) is 19.5. The monoisotopic (exact) mass is 412 g/mol. The van der Waals surface area contributed by atoms with Crippen LogP contribution in [0.3, 0.4) is 0 Å². The van der Waals surface area contributed by atoms with Crippen molar-refractivity contribution in [3.05, 3.63) is 66.0 Å². The molecule has 0 atom stereocenters. The minimum atomic E-state index is -0.160. The van der Waals surface area contributed by atoms with Gasteiger partial charge in [-0.25, -0.2) is 4.68 Å². The Morgan fingerprint density at radius 1 is 1.17 bits per heavy atom. The van der Waals surface area contributed by atoms with E-state index in [2.05, 4.69) is 5.10 Å². The van der Waals surface area contributed by atoms with Gasteiger partial charge in [0.1, 0.15) is 0 Å². The molecular weight excluding hydrogens is 388 g/mol. The van der Waals surface area contributed by atoms with Gasteiger partial charge in [-0.2, -0.15) is 5.10 Å². The van der Waals surface area contributed by atoms with Gasteiger partial charge in [-0.3, -0.25) is 4.79 Å². The number of nitrogens with two attached hydrogens (primary N) is 1. The molecule has 0 radical (unpaired) electrons. The molecule has 0 bridgehead atoms. The smallest absolute Gasteiger partial charge is 0.282 e. The minimum Gasteiger partial charge on any atom is -0.489 e. The third-order valence-electron chi connectivity index (χ3n) is 4.90. The highest BCUT2D eigenvalue weighted by Crippen LogP contribution is 2.33. The molecule has 0 aliphatic carbocycles. The number of ether oxygens (including phenoxy) is 1. The van der Waals surface area contributed by atoms with Gasteiger partial charge in [0.05, 0.1) is 18.5 Å². The number of anilines is 2. The lowest BCUT2D eigenvalue weighted by molar-refractivity contribution is 0.0976. The number of benzene rings is 2. The number of carbonyl (C=O) groups excluding carboxylic acids is 1. The van der Waals surface area contributed by atoms with Gasteiger partial charge in [-0.05, 0) is 49.1 Å². The maximum absolute atomic E-state index is 13.4. The fourth-order valence-corrected chi connectivity index (χ4v) is 3.53. The van der Waals surface area contributed by atoms with Gasteiger partial charge >= 0.3 is 0 Å². The molecule has 4 rings (SSSR count). The predicted octanol–water partition coefficient (Wildman–Crippen LogP) is 4.26. The number of hydrogen-bond acceptors (Lipinski definition) is 4. The van der Waals surface area contributed by atoms with Crippen LogP contribution < -0.4 is 15.4 Å². The topological polar surface area (TPSA) is 73.4 Å². The van der Waals surface area contributed by atoms with Crippen LogP contribution in [-0.2, 0) is 6.42 Å². The van der Waals surface area contributed by atoms with E-state index in [4.69, 9.17) is 10.5 Å². The van der Waals surface area contributed by atoms with E-state index in [0.29, 0.717) is 24.6 Å². The molecule has 0 saturated heterocycles. The zero-order valence-electron chi connectivity index (χ0n) is 16.4. The van der Waals surface area contributed by atoms with Crippen molar-refractivity contribution < 1.29 is 9.53 Å². The van der Waals surface area contributed by atoms with Crippen LogP contribution in [0.25, 0.3) is 5.69 Å². The van der Waals surface area contributed by atoms with Crippen LogP contribution in [0.4, 0.5) is 11.4 Å². The Morgan fingerprint density at radius 2 is 1.97 bits per heavy atom.